The van der Waals surface area contributed by atoms with Gasteiger partial charge in [0, 0.05) is 32.4 Å². The van der Waals surface area contributed by atoms with Crippen molar-refractivity contribution in [3.05, 3.63) is 24.5 Å². The molecular weight excluding hydrogens is 162 g/mol. The van der Waals surface area contributed by atoms with Crippen LogP contribution < -0.4 is 0 Å². The van der Waals surface area contributed by atoms with Gasteiger partial charge >= 0.3 is 0 Å². The number of pyridine rings is 1. The minimum absolute atomic E-state index is 0.999. The molecule has 3 nitrogen and oxygen atoms in total. The van der Waals surface area contributed by atoms with Crippen LogP contribution in [0.5, 0.6) is 0 Å². The lowest BCUT2D eigenvalue weighted by Gasteiger charge is -2.10. The molecule has 0 aromatic carbocycles. The normalized spacial score (nSPS) is 19.8. The third kappa shape index (κ3) is 1.86. The zero-order valence-electron chi connectivity index (χ0n) is 7.77. The van der Waals surface area contributed by atoms with Crippen LogP contribution in [0.4, 0.5) is 5.69 Å². The van der Waals surface area contributed by atoms with E-state index in [0.717, 1.165) is 18.7 Å². The smallest absolute Gasteiger partial charge is 0.105 e. The van der Waals surface area contributed by atoms with E-state index in [4.69, 9.17) is 0 Å². The molecule has 1 aromatic rings. The van der Waals surface area contributed by atoms with E-state index >= 15 is 0 Å². The zero-order valence-corrected chi connectivity index (χ0v) is 7.77. The molecule has 0 spiro atoms. The Hall–Kier alpha value is -1.38. The van der Waals surface area contributed by atoms with Crippen molar-refractivity contribution in [3.63, 3.8) is 0 Å². The summed E-state index contributed by atoms with van der Waals surface area (Å²) in [6.07, 6.45) is 5.86. The van der Waals surface area contributed by atoms with Crippen LogP contribution in [0.1, 0.15) is 12.8 Å². The lowest BCUT2D eigenvalue weighted by Crippen LogP contribution is -2.18. The minimum atomic E-state index is 0.999. The van der Waals surface area contributed by atoms with Crippen LogP contribution in [0, 0.1) is 0 Å². The highest BCUT2D eigenvalue weighted by Gasteiger charge is 2.13. The first-order chi connectivity index (χ1) is 6.36. The summed E-state index contributed by atoms with van der Waals surface area (Å²) in [6.45, 7) is 1.13. The molecule has 0 amide bonds. The molecule has 2 rings (SSSR count). The average Bonchev–Trinajstić information content (AvgIpc) is 2.54. The van der Waals surface area contributed by atoms with Crippen LogP contribution in [0.3, 0.4) is 0 Å². The molecule has 0 radical (unpaired) electrons. The molecule has 0 unspecified atom stereocenters. The Balaban J connectivity index is 2.20. The lowest BCUT2D eigenvalue weighted by molar-refractivity contribution is 0.550. The summed E-state index contributed by atoms with van der Waals surface area (Å²) in [5.74, 6) is 1.19. The number of hydrogen-bond acceptors (Lipinski definition) is 2. The van der Waals surface area contributed by atoms with Crippen LogP contribution in [0.25, 0.3) is 0 Å². The van der Waals surface area contributed by atoms with Crippen LogP contribution in [-0.2, 0) is 0 Å². The standard InChI is InChI=1S/C10H13N3/c1-13-8-2-3-10(13)12-9-4-6-11-7-5-9/h4-7H,2-3,8H2,1H3. The summed E-state index contributed by atoms with van der Waals surface area (Å²) in [7, 11) is 2.09. The van der Waals surface area contributed by atoms with Crippen LogP contribution in [-0.4, -0.2) is 29.3 Å². The molecule has 1 aliphatic rings. The number of hydrogen-bond donors (Lipinski definition) is 0. The van der Waals surface area contributed by atoms with Gasteiger partial charge in [0.05, 0.1) is 5.69 Å². The summed E-state index contributed by atoms with van der Waals surface area (Å²) in [6, 6.07) is 3.86. The van der Waals surface area contributed by atoms with Gasteiger partial charge in [-0.1, -0.05) is 0 Å². The molecule has 1 saturated heterocycles. The van der Waals surface area contributed by atoms with E-state index in [-0.39, 0.29) is 0 Å². The fourth-order valence-corrected chi connectivity index (χ4v) is 1.50. The first kappa shape index (κ1) is 8.23. The third-order valence-corrected chi connectivity index (χ3v) is 2.26. The fourth-order valence-electron chi connectivity index (χ4n) is 1.50. The van der Waals surface area contributed by atoms with Gasteiger partial charge in [0.15, 0.2) is 0 Å². The first-order valence-corrected chi connectivity index (χ1v) is 4.55. The monoisotopic (exact) mass is 175 g/mol. The fraction of sp³-hybridized carbons (Fsp3) is 0.400. The SMILES string of the molecule is CN1CCCC1=Nc1ccncc1. The van der Waals surface area contributed by atoms with Gasteiger partial charge in [-0.25, -0.2) is 4.99 Å². The van der Waals surface area contributed by atoms with Gasteiger partial charge in [-0.05, 0) is 18.6 Å². The number of aromatic nitrogens is 1. The molecule has 13 heavy (non-hydrogen) atoms. The zero-order chi connectivity index (χ0) is 9.10. The topological polar surface area (TPSA) is 28.5 Å². The van der Waals surface area contributed by atoms with Crippen molar-refractivity contribution in [3.8, 4) is 0 Å². The Morgan fingerprint density at radius 1 is 1.38 bits per heavy atom. The molecule has 0 N–H and O–H groups in total. The number of likely N-dealkylation sites (tertiary alicyclic amines) is 1. The molecule has 1 aromatic heterocycles. The second-order valence-corrected chi connectivity index (χ2v) is 3.26. The Morgan fingerprint density at radius 3 is 2.77 bits per heavy atom. The van der Waals surface area contributed by atoms with Gasteiger partial charge in [0.25, 0.3) is 0 Å². The van der Waals surface area contributed by atoms with Crippen molar-refractivity contribution in [2.45, 2.75) is 12.8 Å². The largest absolute Gasteiger partial charge is 0.363 e. The highest BCUT2D eigenvalue weighted by Crippen LogP contribution is 2.15. The molecule has 0 saturated carbocycles. The molecule has 1 aliphatic heterocycles. The Kier molecular flexibility index (Phi) is 2.25. The van der Waals surface area contributed by atoms with Crippen LogP contribution >= 0.6 is 0 Å². The Morgan fingerprint density at radius 2 is 2.15 bits per heavy atom. The summed E-state index contributed by atoms with van der Waals surface area (Å²) in [5, 5.41) is 0. The minimum Gasteiger partial charge on any atom is -0.363 e. The molecular formula is C10H13N3. The predicted octanol–water partition coefficient (Wildman–Crippen LogP) is 1.84. The third-order valence-electron chi connectivity index (χ3n) is 2.26. The van der Waals surface area contributed by atoms with E-state index in [1.165, 1.54) is 12.3 Å². The second kappa shape index (κ2) is 3.56. The van der Waals surface area contributed by atoms with Crippen molar-refractivity contribution in [1.82, 2.24) is 9.88 Å². The number of rotatable bonds is 1. The highest BCUT2D eigenvalue weighted by atomic mass is 15.2. The maximum atomic E-state index is 4.54. The second-order valence-electron chi connectivity index (χ2n) is 3.26. The molecule has 68 valence electrons. The number of nitrogens with zero attached hydrogens (tertiary/aromatic N) is 3. The van der Waals surface area contributed by atoms with Gasteiger partial charge in [-0.15, -0.1) is 0 Å². The van der Waals surface area contributed by atoms with Gasteiger partial charge in [0.2, 0.25) is 0 Å². The van der Waals surface area contributed by atoms with Crippen LogP contribution in [0.2, 0.25) is 0 Å². The van der Waals surface area contributed by atoms with E-state index in [1.807, 2.05) is 12.1 Å². The van der Waals surface area contributed by atoms with Gasteiger partial charge in [-0.2, -0.15) is 0 Å². The van der Waals surface area contributed by atoms with Gasteiger partial charge < -0.3 is 4.90 Å². The molecule has 3 heteroatoms. The van der Waals surface area contributed by atoms with E-state index in [1.54, 1.807) is 12.4 Å². The quantitative estimate of drug-likeness (QED) is 0.651. The van der Waals surface area contributed by atoms with Gasteiger partial charge in [-0.3, -0.25) is 4.98 Å². The molecule has 1 fully saturated rings. The van der Waals surface area contributed by atoms with Crippen molar-refractivity contribution in [2.24, 2.45) is 4.99 Å². The van der Waals surface area contributed by atoms with E-state index in [9.17, 15) is 0 Å². The van der Waals surface area contributed by atoms with Gasteiger partial charge in [0.1, 0.15) is 5.84 Å². The van der Waals surface area contributed by atoms with E-state index < -0.39 is 0 Å². The Bertz CT molecular complexity index is 305. The Labute approximate surface area is 78.1 Å². The van der Waals surface area contributed by atoms with Crippen molar-refractivity contribution in [2.75, 3.05) is 13.6 Å². The van der Waals surface area contributed by atoms with Crippen molar-refractivity contribution in [1.29, 1.82) is 0 Å². The number of aliphatic imine (C=N–C) groups is 1. The first-order valence-electron chi connectivity index (χ1n) is 4.55. The van der Waals surface area contributed by atoms with Crippen molar-refractivity contribution < 1.29 is 0 Å². The average molecular weight is 175 g/mol. The maximum absolute atomic E-state index is 4.54. The maximum Gasteiger partial charge on any atom is 0.105 e. The highest BCUT2D eigenvalue weighted by molar-refractivity contribution is 5.86. The summed E-state index contributed by atoms with van der Waals surface area (Å²) in [4.78, 5) is 10.7. The van der Waals surface area contributed by atoms with E-state index in [0.29, 0.717) is 0 Å². The summed E-state index contributed by atoms with van der Waals surface area (Å²) in [5.41, 5.74) is 0.999. The molecule has 0 aliphatic carbocycles. The predicted molar refractivity (Wildman–Crippen MR) is 53.2 cm³/mol. The lowest BCUT2D eigenvalue weighted by atomic mass is 10.3. The summed E-state index contributed by atoms with van der Waals surface area (Å²) < 4.78 is 0. The molecule has 0 bridgehead atoms. The number of amidine groups is 1. The molecule has 2 heterocycles. The summed E-state index contributed by atoms with van der Waals surface area (Å²) >= 11 is 0. The molecule has 0 atom stereocenters. The van der Waals surface area contributed by atoms with Crippen molar-refractivity contribution >= 4 is 11.5 Å². The van der Waals surface area contributed by atoms with E-state index in [2.05, 4.69) is 21.9 Å². The van der Waals surface area contributed by atoms with Crippen LogP contribution in [0.15, 0.2) is 29.5 Å².